The van der Waals surface area contributed by atoms with Crippen molar-refractivity contribution in [2.24, 2.45) is 7.05 Å². The molecule has 1 unspecified atom stereocenters. The molecule has 0 radical (unpaired) electrons. The summed E-state index contributed by atoms with van der Waals surface area (Å²) in [6.07, 6.45) is 4.60. The van der Waals surface area contributed by atoms with Crippen molar-refractivity contribution < 1.29 is 4.79 Å². The van der Waals surface area contributed by atoms with Crippen molar-refractivity contribution in [2.75, 3.05) is 0 Å². The van der Waals surface area contributed by atoms with Crippen molar-refractivity contribution in [3.8, 4) is 0 Å². The van der Waals surface area contributed by atoms with E-state index in [-0.39, 0.29) is 11.9 Å². The number of rotatable bonds is 5. The lowest BCUT2D eigenvalue weighted by molar-refractivity contribution is -0.121. The van der Waals surface area contributed by atoms with Crippen LogP contribution in [0.5, 0.6) is 0 Å². The van der Waals surface area contributed by atoms with Gasteiger partial charge in [0.1, 0.15) is 5.82 Å². The molecule has 1 amide bonds. The number of nitrogens with zero attached hydrogens (tertiary/aromatic N) is 3. The minimum atomic E-state index is -0.0743. The summed E-state index contributed by atoms with van der Waals surface area (Å²) in [5, 5.41) is 7.34. The zero-order chi connectivity index (χ0) is 14.7. The van der Waals surface area contributed by atoms with E-state index in [1.807, 2.05) is 32.5 Å². The second-order valence-corrected chi connectivity index (χ2v) is 4.95. The highest BCUT2D eigenvalue weighted by molar-refractivity contribution is 5.79. The van der Waals surface area contributed by atoms with Gasteiger partial charge in [-0.1, -0.05) is 6.92 Å². The average molecular weight is 275 g/mol. The van der Waals surface area contributed by atoms with Crippen LogP contribution in [-0.2, 0) is 18.3 Å². The zero-order valence-electron chi connectivity index (χ0n) is 12.4. The van der Waals surface area contributed by atoms with Gasteiger partial charge >= 0.3 is 0 Å². The van der Waals surface area contributed by atoms with Crippen LogP contribution in [0, 0.1) is 13.8 Å². The van der Waals surface area contributed by atoms with Gasteiger partial charge in [-0.2, -0.15) is 5.10 Å². The number of hydrogen-bond acceptors (Lipinski definition) is 3. The van der Waals surface area contributed by atoms with Crippen LogP contribution in [0.4, 0.5) is 0 Å². The molecule has 0 aliphatic heterocycles. The van der Waals surface area contributed by atoms with Crippen LogP contribution in [0.15, 0.2) is 12.4 Å². The minimum absolute atomic E-state index is 0.00699. The molecule has 2 rings (SSSR count). The largest absolute Gasteiger partial charge is 0.347 e. The van der Waals surface area contributed by atoms with Gasteiger partial charge in [-0.25, -0.2) is 4.98 Å². The van der Waals surface area contributed by atoms with Crippen LogP contribution in [0.25, 0.3) is 0 Å². The van der Waals surface area contributed by atoms with E-state index in [4.69, 9.17) is 0 Å². The Morgan fingerprint density at radius 1 is 1.50 bits per heavy atom. The second kappa shape index (κ2) is 5.90. The number of H-pyrrole nitrogens is 1. The van der Waals surface area contributed by atoms with Crippen LogP contribution in [-0.4, -0.2) is 25.7 Å². The molecular formula is C14H21N5O. The van der Waals surface area contributed by atoms with Crippen LogP contribution in [0.2, 0.25) is 0 Å². The lowest BCUT2D eigenvalue weighted by Crippen LogP contribution is -2.30. The number of carbonyl (C=O) groups excluding carboxylic acids is 1. The van der Waals surface area contributed by atoms with Crippen molar-refractivity contribution in [1.29, 1.82) is 0 Å². The first-order chi connectivity index (χ1) is 9.52. The Morgan fingerprint density at radius 3 is 2.75 bits per heavy atom. The SMILES string of the molecule is CCC(NC(=O)Cc1c(C)nn(C)c1C)c1ncc[nH]1. The molecule has 2 N–H and O–H groups in total. The molecular weight excluding hydrogens is 254 g/mol. The number of hydrogen-bond donors (Lipinski definition) is 2. The summed E-state index contributed by atoms with van der Waals surface area (Å²) in [7, 11) is 1.89. The smallest absolute Gasteiger partial charge is 0.225 e. The molecule has 2 heterocycles. The first-order valence-electron chi connectivity index (χ1n) is 6.80. The van der Waals surface area contributed by atoms with Gasteiger partial charge < -0.3 is 10.3 Å². The molecule has 2 aromatic rings. The van der Waals surface area contributed by atoms with Crippen molar-refractivity contribution >= 4 is 5.91 Å². The van der Waals surface area contributed by atoms with Gasteiger partial charge in [-0.15, -0.1) is 0 Å². The van der Waals surface area contributed by atoms with Gasteiger partial charge in [-0.3, -0.25) is 9.48 Å². The molecule has 0 aromatic carbocycles. The molecule has 6 heteroatoms. The van der Waals surface area contributed by atoms with Crippen LogP contribution < -0.4 is 5.32 Å². The topological polar surface area (TPSA) is 75.6 Å². The van der Waals surface area contributed by atoms with E-state index in [0.29, 0.717) is 6.42 Å². The third-order valence-corrected chi connectivity index (χ3v) is 3.59. The molecule has 2 aromatic heterocycles. The highest BCUT2D eigenvalue weighted by Crippen LogP contribution is 2.15. The Kier molecular flexibility index (Phi) is 4.22. The fraction of sp³-hybridized carbons (Fsp3) is 0.500. The third kappa shape index (κ3) is 2.89. The zero-order valence-corrected chi connectivity index (χ0v) is 12.4. The van der Waals surface area contributed by atoms with E-state index in [2.05, 4.69) is 20.4 Å². The highest BCUT2D eigenvalue weighted by atomic mass is 16.1. The molecule has 0 bridgehead atoms. The molecule has 6 nitrogen and oxygen atoms in total. The number of aromatic amines is 1. The maximum Gasteiger partial charge on any atom is 0.225 e. The normalized spacial score (nSPS) is 12.4. The Labute approximate surface area is 118 Å². The Balaban J connectivity index is 2.05. The van der Waals surface area contributed by atoms with Gasteiger partial charge in [0.25, 0.3) is 0 Å². The van der Waals surface area contributed by atoms with Crippen LogP contribution in [0.1, 0.15) is 42.2 Å². The molecule has 108 valence electrons. The van der Waals surface area contributed by atoms with E-state index >= 15 is 0 Å². The third-order valence-electron chi connectivity index (χ3n) is 3.59. The van der Waals surface area contributed by atoms with E-state index in [1.54, 1.807) is 12.4 Å². The second-order valence-electron chi connectivity index (χ2n) is 4.95. The van der Waals surface area contributed by atoms with E-state index in [1.165, 1.54) is 0 Å². The summed E-state index contributed by atoms with van der Waals surface area (Å²) in [6, 6.07) is -0.0743. The average Bonchev–Trinajstić information content (AvgIpc) is 3.01. The van der Waals surface area contributed by atoms with E-state index in [9.17, 15) is 4.79 Å². The first-order valence-corrected chi connectivity index (χ1v) is 6.80. The van der Waals surface area contributed by atoms with E-state index in [0.717, 1.165) is 29.2 Å². The summed E-state index contributed by atoms with van der Waals surface area (Å²) < 4.78 is 1.81. The Morgan fingerprint density at radius 2 is 2.25 bits per heavy atom. The molecule has 0 spiro atoms. The minimum Gasteiger partial charge on any atom is -0.347 e. The number of imidazole rings is 1. The molecule has 0 fully saturated rings. The predicted octanol–water partition coefficient (Wildman–Crippen LogP) is 1.57. The number of aryl methyl sites for hydroxylation is 2. The summed E-state index contributed by atoms with van der Waals surface area (Å²) in [5.41, 5.74) is 2.94. The number of aromatic nitrogens is 4. The molecule has 20 heavy (non-hydrogen) atoms. The molecule has 0 aliphatic carbocycles. The quantitative estimate of drug-likeness (QED) is 0.869. The lowest BCUT2D eigenvalue weighted by Gasteiger charge is -2.14. The number of carbonyl (C=O) groups is 1. The van der Waals surface area contributed by atoms with Crippen molar-refractivity contribution in [3.63, 3.8) is 0 Å². The summed E-state index contributed by atoms with van der Waals surface area (Å²) in [6.45, 7) is 5.93. The van der Waals surface area contributed by atoms with Gasteiger partial charge in [0.05, 0.1) is 18.2 Å². The lowest BCUT2D eigenvalue weighted by atomic mass is 10.1. The molecule has 0 aliphatic rings. The number of nitrogens with one attached hydrogen (secondary N) is 2. The fourth-order valence-corrected chi connectivity index (χ4v) is 2.31. The Bertz CT molecular complexity index is 585. The summed E-state index contributed by atoms with van der Waals surface area (Å²) in [4.78, 5) is 19.4. The van der Waals surface area contributed by atoms with Crippen molar-refractivity contribution in [1.82, 2.24) is 25.1 Å². The van der Waals surface area contributed by atoms with Gasteiger partial charge in [0.15, 0.2) is 0 Å². The van der Waals surface area contributed by atoms with E-state index < -0.39 is 0 Å². The van der Waals surface area contributed by atoms with Crippen molar-refractivity contribution in [3.05, 3.63) is 35.2 Å². The summed E-state index contributed by atoms with van der Waals surface area (Å²) >= 11 is 0. The van der Waals surface area contributed by atoms with Crippen molar-refractivity contribution in [2.45, 2.75) is 39.7 Å². The maximum atomic E-state index is 12.2. The predicted molar refractivity (Wildman–Crippen MR) is 76.1 cm³/mol. The highest BCUT2D eigenvalue weighted by Gasteiger charge is 2.18. The Hall–Kier alpha value is -2.11. The first kappa shape index (κ1) is 14.3. The fourth-order valence-electron chi connectivity index (χ4n) is 2.31. The van der Waals surface area contributed by atoms with Gasteiger partial charge in [0.2, 0.25) is 5.91 Å². The molecule has 0 saturated carbocycles. The summed E-state index contributed by atoms with van der Waals surface area (Å²) in [5.74, 6) is 0.785. The van der Waals surface area contributed by atoms with Crippen LogP contribution >= 0.6 is 0 Å². The van der Waals surface area contributed by atoms with Gasteiger partial charge in [0, 0.05) is 30.7 Å². The molecule has 0 saturated heterocycles. The van der Waals surface area contributed by atoms with Gasteiger partial charge in [-0.05, 0) is 20.3 Å². The standard InChI is InChI=1S/C14H21N5O/c1-5-12(14-15-6-7-16-14)17-13(20)8-11-9(2)18-19(4)10(11)3/h6-7,12H,5,8H2,1-4H3,(H,15,16)(H,17,20). The monoisotopic (exact) mass is 275 g/mol. The number of amides is 1. The maximum absolute atomic E-state index is 12.2. The molecule has 1 atom stereocenters. The van der Waals surface area contributed by atoms with Crippen LogP contribution in [0.3, 0.4) is 0 Å².